The Labute approximate surface area is 87.9 Å². The van der Waals surface area contributed by atoms with Crippen LogP contribution in [0.4, 0.5) is 11.5 Å². The SMILES string of the molecule is Nc1c(Cl)ncnc1NCC1CCC1. The van der Waals surface area contributed by atoms with Crippen LogP contribution in [0.15, 0.2) is 6.33 Å². The number of nitrogen functional groups attached to an aromatic ring is 1. The molecule has 0 bridgehead atoms. The first-order valence-electron chi connectivity index (χ1n) is 4.77. The second-order valence-corrected chi connectivity index (χ2v) is 3.96. The lowest BCUT2D eigenvalue weighted by atomic mass is 9.85. The van der Waals surface area contributed by atoms with Crippen LogP contribution in [-0.4, -0.2) is 16.5 Å². The highest BCUT2D eigenvalue weighted by Gasteiger charge is 2.17. The van der Waals surface area contributed by atoms with Crippen molar-refractivity contribution in [3.05, 3.63) is 11.5 Å². The normalized spacial score (nSPS) is 16.4. The van der Waals surface area contributed by atoms with E-state index < -0.39 is 0 Å². The Kier molecular flexibility index (Phi) is 2.72. The molecule has 1 aliphatic rings. The average molecular weight is 213 g/mol. The van der Waals surface area contributed by atoms with Gasteiger partial charge in [-0.05, 0) is 18.8 Å². The van der Waals surface area contributed by atoms with Gasteiger partial charge in [0.1, 0.15) is 12.0 Å². The lowest BCUT2D eigenvalue weighted by Gasteiger charge is -2.25. The van der Waals surface area contributed by atoms with E-state index in [4.69, 9.17) is 17.3 Å². The summed E-state index contributed by atoms with van der Waals surface area (Å²) in [4.78, 5) is 7.83. The predicted molar refractivity (Wildman–Crippen MR) is 57.3 cm³/mol. The summed E-state index contributed by atoms with van der Waals surface area (Å²) in [7, 11) is 0. The molecule has 14 heavy (non-hydrogen) atoms. The van der Waals surface area contributed by atoms with Gasteiger partial charge in [-0.3, -0.25) is 0 Å². The molecule has 5 heteroatoms. The van der Waals surface area contributed by atoms with Gasteiger partial charge in [-0.2, -0.15) is 0 Å². The zero-order valence-corrected chi connectivity index (χ0v) is 8.59. The van der Waals surface area contributed by atoms with E-state index in [2.05, 4.69) is 15.3 Å². The highest BCUT2D eigenvalue weighted by Crippen LogP contribution is 2.28. The van der Waals surface area contributed by atoms with Gasteiger partial charge in [-0.25, -0.2) is 9.97 Å². The molecule has 1 aliphatic carbocycles. The van der Waals surface area contributed by atoms with E-state index in [0.29, 0.717) is 16.7 Å². The van der Waals surface area contributed by atoms with Crippen LogP contribution in [0.2, 0.25) is 5.15 Å². The number of hydrogen-bond acceptors (Lipinski definition) is 4. The van der Waals surface area contributed by atoms with Crippen molar-refractivity contribution in [3.63, 3.8) is 0 Å². The van der Waals surface area contributed by atoms with Crippen molar-refractivity contribution < 1.29 is 0 Å². The number of nitrogens with two attached hydrogens (primary N) is 1. The molecule has 0 aliphatic heterocycles. The topological polar surface area (TPSA) is 63.8 Å². The van der Waals surface area contributed by atoms with Gasteiger partial charge in [0.05, 0.1) is 0 Å². The molecular weight excluding hydrogens is 200 g/mol. The quantitative estimate of drug-likeness (QED) is 0.752. The fraction of sp³-hybridized carbons (Fsp3) is 0.556. The number of nitrogens with zero attached hydrogens (tertiary/aromatic N) is 2. The van der Waals surface area contributed by atoms with Gasteiger partial charge in [0, 0.05) is 6.54 Å². The Morgan fingerprint density at radius 2 is 2.29 bits per heavy atom. The van der Waals surface area contributed by atoms with Gasteiger partial charge in [0.25, 0.3) is 0 Å². The summed E-state index contributed by atoms with van der Waals surface area (Å²) in [5.74, 6) is 1.42. The lowest BCUT2D eigenvalue weighted by molar-refractivity contribution is 0.333. The summed E-state index contributed by atoms with van der Waals surface area (Å²) in [6.45, 7) is 0.928. The van der Waals surface area contributed by atoms with Crippen molar-refractivity contribution in [3.8, 4) is 0 Å². The monoisotopic (exact) mass is 212 g/mol. The largest absolute Gasteiger partial charge is 0.393 e. The van der Waals surface area contributed by atoms with Gasteiger partial charge in [0.15, 0.2) is 11.0 Å². The van der Waals surface area contributed by atoms with Crippen LogP contribution in [0.3, 0.4) is 0 Å². The summed E-state index contributed by atoms with van der Waals surface area (Å²) >= 11 is 5.76. The first-order chi connectivity index (χ1) is 6.77. The van der Waals surface area contributed by atoms with Crippen molar-refractivity contribution >= 4 is 23.1 Å². The minimum atomic E-state index is 0.316. The van der Waals surface area contributed by atoms with Crippen molar-refractivity contribution in [2.45, 2.75) is 19.3 Å². The fourth-order valence-corrected chi connectivity index (χ4v) is 1.59. The van der Waals surface area contributed by atoms with E-state index in [-0.39, 0.29) is 0 Å². The van der Waals surface area contributed by atoms with Crippen molar-refractivity contribution in [2.24, 2.45) is 5.92 Å². The van der Waals surface area contributed by atoms with E-state index in [9.17, 15) is 0 Å². The van der Waals surface area contributed by atoms with E-state index >= 15 is 0 Å². The van der Waals surface area contributed by atoms with Crippen LogP contribution in [0, 0.1) is 5.92 Å². The van der Waals surface area contributed by atoms with Crippen LogP contribution in [0.1, 0.15) is 19.3 Å². The Bertz CT molecular complexity index is 325. The summed E-state index contributed by atoms with van der Waals surface area (Å²) in [5.41, 5.74) is 6.15. The highest BCUT2D eigenvalue weighted by molar-refractivity contribution is 6.32. The number of anilines is 2. The molecule has 0 unspecified atom stereocenters. The summed E-state index contributed by atoms with van der Waals surface area (Å²) < 4.78 is 0. The second kappa shape index (κ2) is 4.00. The highest BCUT2D eigenvalue weighted by atomic mass is 35.5. The molecule has 0 saturated heterocycles. The summed E-state index contributed by atoms with van der Waals surface area (Å²) in [5, 5.41) is 3.51. The maximum atomic E-state index is 5.76. The fourth-order valence-electron chi connectivity index (χ4n) is 1.45. The molecule has 1 aromatic rings. The Hall–Kier alpha value is -1.03. The van der Waals surface area contributed by atoms with Crippen molar-refractivity contribution in [1.29, 1.82) is 0 Å². The molecule has 0 radical (unpaired) electrons. The first-order valence-corrected chi connectivity index (χ1v) is 5.15. The molecule has 0 aromatic carbocycles. The summed E-state index contributed by atoms with van der Waals surface area (Å²) in [6, 6.07) is 0. The lowest BCUT2D eigenvalue weighted by Crippen LogP contribution is -2.21. The predicted octanol–water partition coefficient (Wildman–Crippen LogP) is 1.92. The molecule has 0 spiro atoms. The molecule has 4 nitrogen and oxygen atoms in total. The molecular formula is C9H13ClN4. The first kappa shape index (κ1) is 9.52. The van der Waals surface area contributed by atoms with E-state index in [1.807, 2.05) is 0 Å². The van der Waals surface area contributed by atoms with Crippen LogP contribution in [0.5, 0.6) is 0 Å². The smallest absolute Gasteiger partial charge is 0.157 e. The van der Waals surface area contributed by atoms with Crippen LogP contribution < -0.4 is 11.1 Å². The second-order valence-electron chi connectivity index (χ2n) is 3.60. The van der Waals surface area contributed by atoms with E-state index in [1.165, 1.54) is 25.6 Å². The third-order valence-electron chi connectivity index (χ3n) is 2.62. The third kappa shape index (κ3) is 1.90. The van der Waals surface area contributed by atoms with Gasteiger partial charge in [-0.1, -0.05) is 18.0 Å². The zero-order chi connectivity index (χ0) is 9.97. The molecule has 2 rings (SSSR count). The average Bonchev–Trinajstić information content (AvgIpc) is 2.09. The Morgan fingerprint density at radius 1 is 1.50 bits per heavy atom. The maximum absolute atomic E-state index is 5.76. The number of rotatable bonds is 3. The Morgan fingerprint density at radius 3 is 2.93 bits per heavy atom. The molecule has 0 amide bonds. The van der Waals surface area contributed by atoms with Crippen LogP contribution in [0.25, 0.3) is 0 Å². The van der Waals surface area contributed by atoms with Crippen molar-refractivity contribution in [2.75, 3.05) is 17.6 Å². The summed E-state index contributed by atoms with van der Waals surface area (Å²) in [6.07, 6.45) is 5.35. The van der Waals surface area contributed by atoms with E-state index in [0.717, 1.165) is 12.5 Å². The van der Waals surface area contributed by atoms with E-state index in [1.54, 1.807) is 0 Å². The molecule has 1 aromatic heterocycles. The Balaban J connectivity index is 1.97. The van der Waals surface area contributed by atoms with Gasteiger partial charge in [-0.15, -0.1) is 0 Å². The van der Waals surface area contributed by atoms with Gasteiger partial charge in [0.2, 0.25) is 0 Å². The molecule has 1 saturated carbocycles. The minimum absolute atomic E-state index is 0.316. The number of halogens is 1. The standard InChI is InChI=1S/C9H13ClN4/c10-8-7(11)9(14-5-13-8)12-4-6-2-1-3-6/h5-6H,1-4,11H2,(H,12,13,14). The number of nitrogens with one attached hydrogen (secondary N) is 1. The number of hydrogen-bond donors (Lipinski definition) is 2. The molecule has 1 heterocycles. The zero-order valence-electron chi connectivity index (χ0n) is 7.83. The molecule has 3 N–H and O–H groups in total. The van der Waals surface area contributed by atoms with Crippen LogP contribution >= 0.6 is 11.6 Å². The third-order valence-corrected chi connectivity index (χ3v) is 2.92. The molecule has 1 fully saturated rings. The van der Waals surface area contributed by atoms with Gasteiger partial charge >= 0.3 is 0 Å². The number of aromatic nitrogens is 2. The molecule has 0 atom stereocenters. The van der Waals surface area contributed by atoms with Gasteiger partial charge < -0.3 is 11.1 Å². The van der Waals surface area contributed by atoms with Crippen molar-refractivity contribution in [1.82, 2.24) is 9.97 Å². The maximum Gasteiger partial charge on any atom is 0.157 e. The molecule has 76 valence electrons. The minimum Gasteiger partial charge on any atom is -0.393 e. The van der Waals surface area contributed by atoms with Crippen LogP contribution in [-0.2, 0) is 0 Å².